The number of rotatable bonds is 5. The first-order chi connectivity index (χ1) is 14.6. The maximum absolute atomic E-state index is 12.6. The predicted octanol–water partition coefficient (Wildman–Crippen LogP) is 5.65. The Bertz CT molecular complexity index is 1190. The van der Waals surface area contributed by atoms with Crippen LogP contribution >= 0.6 is 11.6 Å². The lowest BCUT2D eigenvalue weighted by Crippen LogP contribution is -2.21. The summed E-state index contributed by atoms with van der Waals surface area (Å²) >= 11 is 5.89. The molecule has 3 aromatic carbocycles. The number of nitrogens with one attached hydrogen (secondary N) is 2. The van der Waals surface area contributed by atoms with Crippen molar-refractivity contribution >= 4 is 35.4 Å². The van der Waals surface area contributed by atoms with Crippen LogP contribution in [0.4, 0.5) is 16.3 Å². The van der Waals surface area contributed by atoms with Crippen molar-refractivity contribution in [3.05, 3.63) is 95.5 Å². The molecule has 0 saturated carbocycles. The van der Waals surface area contributed by atoms with E-state index in [-0.39, 0.29) is 0 Å². The molecule has 0 saturated heterocycles. The molecule has 0 aliphatic heterocycles. The lowest BCUT2D eigenvalue weighted by atomic mass is 10.2. The van der Waals surface area contributed by atoms with Gasteiger partial charge in [-0.1, -0.05) is 54.1 Å². The number of aromatic nitrogens is 2. The average molecular weight is 417 g/mol. The molecule has 0 unspecified atom stereocenters. The highest BCUT2D eigenvalue weighted by atomic mass is 35.5. The van der Waals surface area contributed by atoms with Crippen molar-refractivity contribution in [2.75, 3.05) is 10.6 Å². The molecule has 0 fully saturated rings. The van der Waals surface area contributed by atoms with Gasteiger partial charge in [-0.15, -0.1) is 0 Å². The second kappa shape index (κ2) is 8.63. The minimum atomic E-state index is -0.426. The van der Waals surface area contributed by atoms with E-state index in [9.17, 15) is 9.59 Å². The van der Waals surface area contributed by atoms with Crippen molar-refractivity contribution in [1.82, 2.24) is 9.78 Å². The molecule has 0 aliphatic carbocycles. The number of nitrogens with zero attached hydrogens (tertiary/aromatic N) is 2. The van der Waals surface area contributed by atoms with Crippen LogP contribution in [0, 0.1) is 0 Å². The topological polar surface area (TPSA) is 76.0 Å². The van der Waals surface area contributed by atoms with Gasteiger partial charge in [0.05, 0.1) is 11.4 Å². The zero-order chi connectivity index (χ0) is 20.9. The standard InChI is InChI=1S/C23H17ClN4O2/c24-18-9-11-19(12-10-18)25-23(30)26-22-14-21(17-6-2-1-3-7-17)27-28(22)20-8-4-5-16(13-20)15-29/h1-15H,(H2,25,26,30). The van der Waals surface area contributed by atoms with Gasteiger partial charge in [0.2, 0.25) is 0 Å². The van der Waals surface area contributed by atoms with Crippen molar-refractivity contribution in [2.45, 2.75) is 0 Å². The Morgan fingerprint density at radius 3 is 2.40 bits per heavy atom. The molecule has 0 bridgehead atoms. The van der Waals surface area contributed by atoms with Crippen molar-refractivity contribution in [3.63, 3.8) is 0 Å². The summed E-state index contributed by atoms with van der Waals surface area (Å²) in [7, 11) is 0. The van der Waals surface area contributed by atoms with Gasteiger partial charge >= 0.3 is 6.03 Å². The van der Waals surface area contributed by atoms with Crippen LogP contribution in [0.15, 0.2) is 84.9 Å². The van der Waals surface area contributed by atoms with Crippen molar-refractivity contribution in [2.24, 2.45) is 0 Å². The minimum absolute atomic E-state index is 0.426. The van der Waals surface area contributed by atoms with E-state index in [0.29, 0.717) is 33.5 Å². The van der Waals surface area contributed by atoms with E-state index in [1.165, 1.54) is 0 Å². The van der Waals surface area contributed by atoms with E-state index >= 15 is 0 Å². The Labute approximate surface area is 178 Å². The second-order valence-corrected chi connectivity index (χ2v) is 6.93. The molecule has 0 atom stereocenters. The fourth-order valence-electron chi connectivity index (χ4n) is 2.96. The Morgan fingerprint density at radius 1 is 0.900 bits per heavy atom. The van der Waals surface area contributed by atoms with Crippen LogP contribution < -0.4 is 10.6 Å². The number of urea groups is 1. The van der Waals surface area contributed by atoms with Gasteiger partial charge in [0.25, 0.3) is 0 Å². The third-order valence-corrected chi connectivity index (χ3v) is 4.63. The highest BCUT2D eigenvalue weighted by Crippen LogP contribution is 2.25. The van der Waals surface area contributed by atoms with Crippen LogP contribution in [0.2, 0.25) is 5.02 Å². The SMILES string of the molecule is O=Cc1cccc(-n2nc(-c3ccccc3)cc2NC(=O)Nc2ccc(Cl)cc2)c1. The number of aldehydes is 1. The first-order valence-electron chi connectivity index (χ1n) is 9.17. The molecule has 4 aromatic rings. The van der Waals surface area contributed by atoms with E-state index in [1.807, 2.05) is 36.4 Å². The average Bonchev–Trinajstić information content (AvgIpc) is 3.19. The van der Waals surface area contributed by atoms with Crippen LogP contribution in [0.5, 0.6) is 0 Å². The molecule has 30 heavy (non-hydrogen) atoms. The number of hydrogen-bond donors (Lipinski definition) is 2. The summed E-state index contributed by atoms with van der Waals surface area (Å²) in [6, 6.07) is 24.8. The maximum Gasteiger partial charge on any atom is 0.324 e. The van der Waals surface area contributed by atoms with Crippen LogP contribution in [-0.4, -0.2) is 22.1 Å². The quantitative estimate of drug-likeness (QED) is 0.413. The molecule has 2 N–H and O–H groups in total. The number of halogens is 1. The summed E-state index contributed by atoms with van der Waals surface area (Å²) in [5.74, 6) is 0.461. The third-order valence-electron chi connectivity index (χ3n) is 4.37. The van der Waals surface area contributed by atoms with Crippen molar-refractivity contribution in [1.29, 1.82) is 0 Å². The number of benzene rings is 3. The van der Waals surface area contributed by atoms with Crippen LogP contribution in [-0.2, 0) is 0 Å². The van der Waals surface area contributed by atoms with E-state index in [0.717, 1.165) is 11.8 Å². The first kappa shape index (κ1) is 19.4. The molecule has 7 heteroatoms. The molecule has 2 amide bonds. The van der Waals surface area contributed by atoms with Crippen LogP contribution in [0.1, 0.15) is 10.4 Å². The monoisotopic (exact) mass is 416 g/mol. The Hall–Kier alpha value is -3.90. The minimum Gasteiger partial charge on any atom is -0.308 e. The van der Waals surface area contributed by atoms with Gasteiger partial charge in [0, 0.05) is 27.9 Å². The van der Waals surface area contributed by atoms with E-state index in [2.05, 4.69) is 15.7 Å². The van der Waals surface area contributed by atoms with Crippen LogP contribution in [0.3, 0.4) is 0 Å². The summed E-state index contributed by atoms with van der Waals surface area (Å²) in [5.41, 5.74) is 3.37. The molecule has 0 radical (unpaired) electrons. The fourth-order valence-corrected chi connectivity index (χ4v) is 3.08. The van der Waals surface area contributed by atoms with Gasteiger partial charge in [-0.25, -0.2) is 9.48 Å². The van der Waals surface area contributed by atoms with Crippen molar-refractivity contribution < 1.29 is 9.59 Å². The number of amides is 2. The Morgan fingerprint density at radius 2 is 1.67 bits per heavy atom. The number of carbonyl (C=O) groups excluding carboxylic acids is 2. The summed E-state index contributed by atoms with van der Waals surface area (Å²) < 4.78 is 1.59. The lowest BCUT2D eigenvalue weighted by Gasteiger charge is -2.10. The van der Waals surface area contributed by atoms with Gasteiger partial charge in [-0.05, 0) is 36.4 Å². The maximum atomic E-state index is 12.6. The molecular weight excluding hydrogens is 400 g/mol. The number of hydrogen-bond acceptors (Lipinski definition) is 3. The summed E-state index contributed by atoms with van der Waals surface area (Å²) in [6.07, 6.45) is 0.769. The van der Waals surface area contributed by atoms with E-state index in [4.69, 9.17) is 11.6 Å². The summed E-state index contributed by atoms with van der Waals surface area (Å²) in [5, 5.41) is 10.8. The molecular formula is C23H17ClN4O2. The Kier molecular flexibility index (Phi) is 5.59. The smallest absolute Gasteiger partial charge is 0.308 e. The van der Waals surface area contributed by atoms with Gasteiger partial charge in [-0.2, -0.15) is 5.10 Å². The molecule has 1 aromatic heterocycles. The van der Waals surface area contributed by atoms with E-state index < -0.39 is 6.03 Å². The van der Waals surface area contributed by atoms with Gasteiger partial charge in [-0.3, -0.25) is 10.1 Å². The molecule has 4 rings (SSSR count). The largest absolute Gasteiger partial charge is 0.324 e. The van der Waals surface area contributed by atoms with Gasteiger partial charge in [0.15, 0.2) is 0 Å². The first-order valence-corrected chi connectivity index (χ1v) is 9.55. The van der Waals surface area contributed by atoms with E-state index in [1.54, 1.807) is 53.2 Å². The zero-order valence-corrected chi connectivity index (χ0v) is 16.5. The van der Waals surface area contributed by atoms with Crippen LogP contribution in [0.25, 0.3) is 16.9 Å². The molecule has 1 heterocycles. The number of carbonyl (C=O) groups is 2. The number of anilines is 2. The second-order valence-electron chi connectivity index (χ2n) is 6.49. The van der Waals surface area contributed by atoms with Gasteiger partial charge < -0.3 is 5.32 Å². The predicted molar refractivity (Wildman–Crippen MR) is 118 cm³/mol. The zero-order valence-electron chi connectivity index (χ0n) is 15.7. The Balaban J connectivity index is 1.67. The molecule has 148 valence electrons. The van der Waals surface area contributed by atoms with Crippen molar-refractivity contribution in [3.8, 4) is 16.9 Å². The molecule has 0 aliphatic rings. The van der Waals surface area contributed by atoms with Gasteiger partial charge in [0.1, 0.15) is 12.1 Å². The molecule has 0 spiro atoms. The third kappa shape index (κ3) is 4.39. The molecule has 6 nitrogen and oxygen atoms in total. The summed E-state index contributed by atoms with van der Waals surface area (Å²) in [4.78, 5) is 23.8. The highest BCUT2D eigenvalue weighted by molar-refractivity contribution is 6.30. The summed E-state index contributed by atoms with van der Waals surface area (Å²) in [6.45, 7) is 0. The normalized spacial score (nSPS) is 10.4. The highest BCUT2D eigenvalue weighted by Gasteiger charge is 2.14. The lowest BCUT2D eigenvalue weighted by molar-refractivity contribution is 0.112. The fraction of sp³-hybridized carbons (Fsp3) is 0.